The van der Waals surface area contributed by atoms with Crippen LogP contribution < -0.4 is 10.5 Å². The first kappa shape index (κ1) is 29.8. The second-order valence-electron chi connectivity index (χ2n) is 9.70. The Labute approximate surface area is 248 Å². The minimum Gasteiger partial charge on any atom is -0.466 e. The van der Waals surface area contributed by atoms with E-state index in [1.165, 1.54) is 16.7 Å². The number of anilines is 1. The lowest BCUT2D eigenvalue weighted by Gasteiger charge is -2.36. The van der Waals surface area contributed by atoms with Crippen LogP contribution in [0.2, 0.25) is 5.02 Å². The highest BCUT2D eigenvalue weighted by Crippen LogP contribution is 2.38. The summed E-state index contributed by atoms with van der Waals surface area (Å²) in [7, 11) is 0. The van der Waals surface area contributed by atoms with Gasteiger partial charge in [-0.3, -0.25) is 23.9 Å². The second-order valence-corrected chi connectivity index (χ2v) is 11.8. The van der Waals surface area contributed by atoms with Gasteiger partial charge in [0, 0.05) is 30.2 Å². The van der Waals surface area contributed by atoms with E-state index in [9.17, 15) is 19.6 Å². The van der Waals surface area contributed by atoms with E-state index < -0.39 is 0 Å². The van der Waals surface area contributed by atoms with Crippen molar-refractivity contribution in [2.75, 3.05) is 24.6 Å². The van der Waals surface area contributed by atoms with Crippen LogP contribution in [-0.4, -0.2) is 45.4 Å². The third kappa shape index (κ3) is 5.97. The molecule has 2 aliphatic rings. The van der Waals surface area contributed by atoms with E-state index in [4.69, 9.17) is 28.6 Å². The Morgan fingerprint density at radius 3 is 2.73 bits per heavy atom. The summed E-state index contributed by atoms with van der Waals surface area (Å²) in [6, 6.07) is 9.37. The van der Waals surface area contributed by atoms with Crippen LogP contribution in [0.15, 0.2) is 34.0 Å². The number of nitriles is 1. The summed E-state index contributed by atoms with van der Waals surface area (Å²) in [5.74, 6) is -0.260. The molecule has 2 saturated heterocycles. The van der Waals surface area contributed by atoms with Gasteiger partial charge in [-0.05, 0) is 56.4 Å². The number of piperidine rings is 1. The van der Waals surface area contributed by atoms with E-state index in [0.717, 1.165) is 12.0 Å². The molecule has 1 aromatic heterocycles. The SMILES string of the molecule is CCCn1c(N2CCCC(C(=O)OCC)C2)c(/C=C2\SC(=S)N(Cc3ccccc3Cl)C2=O)c(C)c(C#N)c1=O. The Morgan fingerprint density at radius 2 is 2.05 bits per heavy atom. The summed E-state index contributed by atoms with van der Waals surface area (Å²) in [6.07, 6.45) is 3.83. The molecule has 4 rings (SSSR count). The van der Waals surface area contributed by atoms with Crippen LogP contribution in [0, 0.1) is 24.2 Å². The molecule has 11 heteroatoms. The lowest BCUT2D eigenvalue weighted by Crippen LogP contribution is -2.43. The maximum absolute atomic E-state index is 13.6. The Bertz CT molecular complexity index is 1480. The number of rotatable bonds is 8. The highest BCUT2D eigenvalue weighted by atomic mass is 35.5. The Morgan fingerprint density at radius 1 is 1.30 bits per heavy atom. The Balaban J connectivity index is 1.82. The molecule has 0 N–H and O–H groups in total. The number of amides is 1. The Kier molecular flexibility index (Phi) is 9.72. The molecule has 0 spiro atoms. The van der Waals surface area contributed by atoms with Crippen LogP contribution in [0.1, 0.15) is 55.4 Å². The van der Waals surface area contributed by atoms with Gasteiger partial charge in [-0.2, -0.15) is 5.26 Å². The van der Waals surface area contributed by atoms with Crippen LogP contribution in [0.5, 0.6) is 0 Å². The number of carbonyl (C=O) groups is 2. The standard InChI is InChI=1S/C29H31ClN4O4S2/c1-4-12-33-25(32-13-8-10-20(16-32)28(37)38-5-2)21(18(3)22(15-31)26(33)35)14-24-27(36)34(29(39)40-24)17-19-9-6-7-11-23(19)30/h6-7,9,11,14,20H,4-5,8,10,12-13,16-17H2,1-3H3/b24-14-. The molecule has 1 aromatic carbocycles. The highest BCUT2D eigenvalue weighted by molar-refractivity contribution is 8.26. The molecule has 3 heterocycles. The normalized spacial score (nSPS) is 18.4. The first-order chi connectivity index (χ1) is 19.2. The summed E-state index contributed by atoms with van der Waals surface area (Å²) < 4.78 is 7.30. The van der Waals surface area contributed by atoms with Gasteiger partial charge >= 0.3 is 5.97 Å². The van der Waals surface area contributed by atoms with Crippen molar-refractivity contribution in [1.82, 2.24) is 9.47 Å². The number of hydrogen-bond donors (Lipinski definition) is 0. The number of carbonyl (C=O) groups excluding carboxylic acids is 2. The first-order valence-electron chi connectivity index (χ1n) is 13.3. The van der Waals surface area contributed by atoms with E-state index in [1.54, 1.807) is 30.6 Å². The van der Waals surface area contributed by atoms with Crippen LogP contribution in [0.3, 0.4) is 0 Å². The predicted molar refractivity (Wildman–Crippen MR) is 162 cm³/mol. The van der Waals surface area contributed by atoms with Crippen LogP contribution in [0.4, 0.5) is 5.82 Å². The summed E-state index contributed by atoms with van der Waals surface area (Å²) in [5, 5.41) is 10.5. The molecule has 2 fully saturated rings. The zero-order valence-corrected chi connectivity index (χ0v) is 25.1. The second kappa shape index (κ2) is 13.0. The lowest BCUT2D eigenvalue weighted by atomic mass is 9.96. The van der Waals surface area contributed by atoms with Crippen molar-refractivity contribution < 1.29 is 14.3 Å². The average molecular weight is 599 g/mol. The predicted octanol–water partition coefficient (Wildman–Crippen LogP) is 5.27. The van der Waals surface area contributed by atoms with Crippen molar-refractivity contribution in [3.05, 3.63) is 66.8 Å². The molecule has 0 saturated carbocycles. The molecule has 0 bridgehead atoms. The molecule has 210 valence electrons. The van der Waals surface area contributed by atoms with Crippen molar-refractivity contribution in [1.29, 1.82) is 5.26 Å². The molecule has 40 heavy (non-hydrogen) atoms. The molecule has 8 nitrogen and oxygen atoms in total. The topological polar surface area (TPSA) is 95.6 Å². The number of ether oxygens (including phenoxy) is 1. The van der Waals surface area contributed by atoms with E-state index in [2.05, 4.69) is 6.07 Å². The molecular weight excluding hydrogens is 568 g/mol. The van der Waals surface area contributed by atoms with Gasteiger partial charge in [-0.15, -0.1) is 0 Å². The number of hydrogen-bond acceptors (Lipinski definition) is 8. The minimum absolute atomic E-state index is 0.0361. The number of thiocarbonyl (C=S) groups is 1. The summed E-state index contributed by atoms with van der Waals surface area (Å²) in [5.41, 5.74) is 1.53. The molecule has 1 unspecified atom stereocenters. The van der Waals surface area contributed by atoms with Crippen molar-refractivity contribution in [2.45, 2.75) is 53.1 Å². The molecular formula is C29H31ClN4O4S2. The van der Waals surface area contributed by atoms with Crippen molar-refractivity contribution in [3.63, 3.8) is 0 Å². The highest BCUT2D eigenvalue weighted by Gasteiger charge is 2.35. The smallest absolute Gasteiger partial charge is 0.310 e. The van der Waals surface area contributed by atoms with Gasteiger partial charge in [0.25, 0.3) is 11.5 Å². The first-order valence-corrected chi connectivity index (χ1v) is 14.9. The molecule has 0 aliphatic carbocycles. The van der Waals surface area contributed by atoms with Gasteiger partial charge in [-0.1, -0.05) is 60.7 Å². The maximum atomic E-state index is 13.6. The summed E-state index contributed by atoms with van der Waals surface area (Å²) in [4.78, 5) is 43.6. The quantitative estimate of drug-likeness (QED) is 0.230. The molecule has 1 amide bonds. The number of aromatic nitrogens is 1. The number of esters is 1. The van der Waals surface area contributed by atoms with Crippen LogP contribution >= 0.6 is 35.6 Å². The van der Waals surface area contributed by atoms with Gasteiger partial charge in [0.2, 0.25) is 0 Å². The Hall–Kier alpha value is -3.13. The number of benzene rings is 1. The average Bonchev–Trinajstić information content (AvgIpc) is 3.20. The molecule has 2 aliphatic heterocycles. The molecule has 2 aromatic rings. The third-order valence-corrected chi connectivity index (χ3v) is 8.82. The lowest BCUT2D eigenvalue weighted by molar-refractivity contribution is -0.148. The fourth-order valence-corrected chi connectivity index (χ4v) is 6.53. The summed E-state index contributed by atoms with van der Waals surface area (Å²) in [6.45, 7) is 7.38. The number of thioether (sulfide) groups is 1. The van der Waals surface area contributed by atoms with Crippen molar-refractivity contribution >= 4 is 63.7 Å². The monoisotopic (exact) mass is 598 g/mol. The maximum Gasteiger partial charge on any atom is 0.310 e. The largest absolute Gasteiger partial charge is 0.466 e. The van der Waals surface area contributed by atoms with E-state index in [1.807, 2.05) is 30.0 Å². The van der Waals surface area contributed by atoms with Gasteiger partial charge < -0.3 is 9.64 Å². The van der Waals surface area contributed by atoms with E-state index in [0.29, 0.717) is 70.3 Å². The van der Waals surface area contributed by atoms with E-state index in [-0.39, 0.29) is 35.5 Å². The van der Waals surface area contributed by atoms with Crippen LogP contribution in [-0.2, 0) is 27.4 Å². The van der Waals surface area contributed by atoms with Crippen molar-refractivity contribution in [2.24, 2.45) is 5.92 Å². The summed E-state index contributed by atoms with van der Waals surface area (Å²) >= 11 is 13.1. The van der Waals surface area contributed by atoms with Crippen LogP contribution in [0.25, 0.3) is 6.08 Å². The minimum atomic E-state index is -0.376. The number of nitrogens with zero attached hydrogens (tertiary/aromatic N) is 4. The van der Waals surface area contributed by atoms with Gasteiger partial charge in [0.05, 0.1) is 24.0 Å². The molecule has 1 atom stereocenters. The fourth-order valence-electron chi connectivity index (χ4n) is 5.10. The van der Waals surface area contributed by atoms with Gasteiger partial charge in [0.1, 0.15) is 21.8 Å². The number of halogens is 1. The van der Waals surface area contributed by atoms with Crippen molar-refractivity contribution in [3.8, 4) is 6.07 Å². The fraction of sp³-hybridized carbons (Fsp3) is 0.414. The van der Waals surface area contributed by atoms with E-state index >= 15 is 0 Å². The third-order valence-electron chi connectivity index (χ3n) is 7.07. The zero-order valence-electron chi connectivity index (χ0n) is 22.7. The molecule has 0 radical (unpaired) electrons. The number of pyridine rings is 1. The van der Waals surface area contributed by atoms with Gasteiger partial charge in [0.15, 0.2) is 0 Å². The zero-order chi connectivity index (χ0) is 29.0. The van der Waals surface area contributed by atoms with Gasteiger partial charge in [-0.25, -0.2) is 0 Å².